The van der Waals surface area contributed by atoms with Crippen LogP contribution >= 0.6 is 34.9 Å². The van der Waals surface area contributed by atoms with Gasteiger partial charge in [-0.3, -0.25) is 4.79 Å². The summed E-state index contributed by atoms with van der Waals surface area (Å²) >= 11 is 9.48. The summed E-state index contributed by atoms with van der Waals surface area (Å²) in [4.78, 5) is 23.9. The molecule has 11 heteroatoms. The third kappa shape index (κ3) is 14.1. The number of carbonyl (C=O) groups is 2. The molecule has 260 valence electrons. The van der Waals surface area contributed by atoms with E-state index in [-0.39, 0.29) is 27.9 Å². The molecule has 2 heterocycles. The normalized spacial score (nSPS) is 14.6. The van der Waals surface area contributed by atoms with Gasteiger partial charge in [-0.15, -0.1) is 11.3 Å². The van der Waals surface area contributed by atoms with Crippen LogP contribution in [0.5, 0.6) is 5.75 Å². The van der Waals surface area contributed by atoms with Crippen LogP contribution < -0.4 is 16.2 Å². The summed E-state index contributed by atoms with van der Waals surface area (Å²) in [5, 5.41) is 0.258. The number of anilines is 2. The van der Waals surface area contributed by atoms with Crippen LogP contribution in [0, 0.1) is 0 Å². The number of benzene rings is 2. The maximum Gasteiger partial charge on any atom is 0.352 e. The van der Waals surface area contributed by atoms with Crippen LogP contribution in [0.3, 0.4) is 0 Å². The third-order valence-electron chi connectivity index (χ3n) is 6.86. The first-order chi connectivity index (χ1) is 21.9. The Balaban J connectivity index is 0.000000289. The molecule has 2 aromatic carbocycles. The number of nitrogens with zero attached hydrogens (tertiary/aromatic N) is 1. The molecule has 0 spiro atoms. The number of nitrogens with two attached hydrogens (primary N) is 2. The van der Waals surface area contributed by atoms with E-state index in [9.17, 15) is 9.59 Å². The average Bonchev–Trinajstić information content (AvgIpc) is 3.31. The first-order valence-corrected chi connectivity index (χ1v) is 17.8. The number of piperidine rings is 1. The number of aldehydes is 1. The zero-order valence-electron chi connectivity index (χ0n) is 29.3. The molecule has 0 atom stereocenters. The average molecular weight is 706 g/mol. The smallest absolute Gasteiger partial charge is 0.352 e. The highest BCUT2D eigenvalue weighted by atomic mass is 35.5. The van der Waals surface area contributed by atoms with Crippen LogP contribution in [0.15, 0.2) is 48.5 Å². The van der Waals surface area contributed by atoms with E-state index in [1.807, 2.05) is 50.9 Å². The number of thiophene rings is 1. The summed E-state index contributed by atoms with van der Waals surface area (Å²) < 4.78 is 18.2. The van der Waals surface area contributed by atoms with Gasteiger partial charge in [0.1, 0.15) is 17.2 Å². The van der Waals surface area contributed by atoms with E-state index < -0.39 is 11.6 Å². The van der Waals surface area contributed by atoms with Crippen LogP contribution in [0.4, 0.5) is 11.4 Å². The molecule has 0 aliphatic carbocycles. The predicted octanol–water partition coefficient (Wildman–Crippen LogP) is 9.30. The lowest BCUT2D eigenvalue weighted by atomic mass is 9.93. The molecule has 47 heavy (non-hydrogen) atoms. The van der Waals surface area contributed by atoms with Gasteiger partial charge in [-0.25, -0.2) is 9.10 Å². The van der Waals surface area contributed by atoms with Crippen molar-refractivity contribution in [2.75, 3.05) is 31.7 Å². The van der Waals surface area contributed by atoms with E-state index in [1.165, 1.54) is 31.4 Å². The first-order valence-electron chi connectivity index (χ1n) is 15.6. The number of carbonyl (C=O) groups excluding carboxylic acids is 2. The summed E-state index contributed by atoms with van der Waals surface area (Å²) in [7, 11) is 1.71. The molecule has 1 aliphatic heterocycles. The molecule has 1 aromatic heterocycles. The zero-order chi connectivity index (χ0) is 35.4. The molecule has 3 aromatic rings. The van der Waals surface area contributed by atoms with Gasteiger partial charge in [0, 0.05) is 36.3 Å². The van der Waals surface area contributed by atoms with Gasteiger partial charge in [-0.2, -0.15) is 0 Å². The second kappa shape index (κ2) is 18.1. The summed E-state index contributed by atoms with van der Waals surface area (Å²) in [5.74, 6) is 0.625. The monoisotopic (exact) mass is 705 g/mol. The molecule has 0 amide bonds. The van der Waals surface area contributed by atoms with Crippen molar-refractivity contribution in [3.05, 3.63) is 64.0 Å². The standard InChI is InChI=1S/C17H18ClNO4S.C14H22N2S.C5H12O/c1-17(2,3)23-16(21)15-13(22-8-7-20)12(18)14(24-15)10-5-4-6-11(19)9-10;1-14(2)8-3-4-9-16(14)17-11-12-6-5-7-13(15)10-12;1-5(2,3)6-4/h4-7,9H,8,19H2,1-3H3;5-7,10H,3-4,8-9,11,15H2,1-2H3;1-4H3. The Labute approximate surface area is 294 Å². The molecular formula is C36H52ClN3O5S2. The van der Waals surface area contributed by atoms with Gasteiger partial charge in [0.15, 0.2) is 16.9 Å². The minimum atomic E-state index is -0.660. The SMILES string of the molecule is CC(C)(C)OC(=O)c1sc(-c2cccc(N)c2)c(Cl)c1OCC=O.CC1(C)CCCCN1SCc1cccc(N)c1.COC(C)(C)C. The minimum absolute atomic E-state index is 0.0417. The molecule has 4 N–H and O–H groups in total. The number of rotatable bonds is 8. The number of hydrogen-bond acceptors (Lipinski definition) is 10. The van der Waals surface area contributed by atoms with Crippen molar-refractivity contribution in [1.29, 1.82) is 0 Å². The van der Waals surface area contributed by atoms with E-state index in [0.29, 0.717) is 22.4 Å². The summed E-state index contributed by atoms with van der Waals surface area (Å²) in [6, 6.07) is 15.3. The molecule has 1 aliphatic rings. The Bertz CT molecular complexity index is 1450. The number of methoxy groups -OCH3 is 1. The zero-order valence-corrected chi connectivity index (χ0v) is 31.7. The Morgan fingerprint density at radius 1 is 1.02 bits per heavy atom. The first kappa shape index (κ1) is 40.4. The van der Waals surface area contributed by atoms with Gasteiger partial charge in [-0.1, -0.05) is 54.2 Å². The van der Waals surface area contributed by atoms with Crippen LogP contribution in [0.1, 0.15) is 89.9 Å². The summed E-state index contributed by atoms with van der Waals surface area (Å²) in [6.45, 7) is 17.1. The number of esters is 1. The van der Waals surface area contributed by atoms with E-state index >= 15 is 0 Å². The van der Waals surface area contributed by atoms with Crippen LogP contribution in [0.25, 0.3) is 10.4 Å². The van der Waals surface area contributed by atoms with Gasteiger partial charge in [0.25, 0.3) is 0 Å². The quantitative estimate of drug-likeness (QED) is 0.102. The van der Waals surface area contributed by atoms with E-state index in [0.717, 1.165) is 28.3 Å². The topological polar surface area (TPSA) is 117 Å². The fourth-order valence-electron chi connectivity index (χ4n) is 4.28. The van der Waals surface area contributed by atoms with E-state index in [1.54, 1.807) is 46.1 Å². The number of halogens is 1. The van der Waals surface area contributed by atoms with Crippen molar-refractivity contribution < 1.29 is 23.8 Å². The van der Waals surface area contributed by atoms with Gasteiger partial charge >= 0.3 is 5.97 Å². The summed E-state index contributed by atoms with van der Waals surface area (Å²) in [6.07, 6.45) is 4.58. The van der Waals surface area contributed by atoms with Gasteiger partial charge in [-0.05, 0) is 104 Å². The maximum atomic E-state index is 12.4. The Kier molecular flexibility index (Phi) is 15.6. The highest BCUT2D eigenvalue weighted by Crippen LogP contribution is 2.46. The number of ether oxygens (including phenoxy) is 3. The van der Waals surface area contributed by atoms with Gasteiger partial charge < -0.3 is 25.7 Å². The lowest BCUT2D eigenvalue weighted by molar-refractivity contribution is -0.109. The highest BCUT2D eigenvalue weighted by Gasteiger charge is 2.30. The van der Waals surface area contributed by atoms with Crippen molar-refractivity contribution in [2.45, 2.75) is 97.1 Å². The van der Waals surface area contributed by atoms with E-state index in [2.05, 4.69) is 30.3 Å². The lowest BCUT2D eigenvalue weighted by Gasteiger charge is -2.41. The molecule has 1 saturated heterocycles. The number of hydrogen-bond donors (Lipinski definition) is 2. The van der Waals surface area contributed by atoms with Gasteiger partial charge in [0.2, 0.25) is 0 Å². The minimum Gasteiger partial charge on any atom is -0.483 e. The van der Waals surface area contributed by atoms with Crippen LogP contribution in [0.2, 0.25) is 5.02 Å². The largest absolute Gasteiger partial charge is 0.483 e. The predicted molar refractivity (Wildman–Crippen MR) is 199 cm³/mol. The Morgan fingerprint density at radius 3 is 2.17 bits per heavy atom. The van der Waals surface area contributed by atoms with Crippen LogP contribution in [-0.2, 0) is 20.0 Å². The second-order valence-electron chi connectivity index (χ2n) is 13.7. The number of nitrogen functional groups attached to an aromatic ring is 2. The van der Waals surface area contributed by atoms with Crippen molar-refractivity contribution >= 4 is 58.5 Å². The highest BCUT2D eigenvalue weighted by molar-refractivity contribution is 7.96. The van der Waals surface area contributed by atoms with Crippen molar-refractivity contribution in [1.82, 2.24) is 4.31 Å². The molecule has 4 rings (SSSR count). The second-order valence-corrected chi connectivity index (χ2v) is 16.1. The molecule has 0 radical (unpaired) electrons. The molecule has 0 saturated carbocycles. The van der Waals surface area contributed by atoms with Crippen molar-refractivity contribution in [3.63, 3.8) is 0 Å². The fraction of sp³-hybridized carbons (Fsp3) is 0.500. The van der Waals surface area contributed by atoms with E-state index in [4.69, 9.17) is 37.3 Å². The fourth-order valence-corrected chi connectivity index (χ4v) is 6.90. The van der Waals surface area contributed by atoms with Crippen molar-refractivity contribution in [3.8, 4) is 16.2 Å². The third-order valence-corrected chi connectivity index (χ3v) is 9.99. The Morgan fingerprint density at radius 2 is 1.64 bits per heavy atom. The molecule has 1 fully saturated rings. The molecule has 8 nitrogen and oxygen atoms in total. The maximum absolute atomic E-state index is 12.4. The molecule has 0 bridgehead atoms. The van der Waals surface area contributed by atoms with Crippen molar-refractivity contribution in [2.24, 2.45) is 0 Å². The lowest BCUT2D eigenvalue weighted by Crippen LogP contribution is -2.42. The molecule has 0 unspecified atom stereocenters. The summed E-state index contributed by atoms with van der Waals surface area (Å²) in [5.41, 5.74) is 14.8. The Hall–Kier alpha value is -2.76. The van der Waals surface area contributed by atoms with Gasteiger partial charge in [0.05, 0.1) is 10.5 Å². The molecular weight excluding hydrogens is 654 g/mol. The van der Waals surface area contributed by atoms with Crippen LogP contribution in [-0.4, -0.2) is 53.6 Å².